The van der Waals surface area contributed by atoms with Crippen LogP contribution in [0.15, 0.2) is 72.8 Å². The van der Waals surface area contributed by atoms with E-state index in [4.69, 9.17) is 0 Å². The molecule has 23 heavy (non-hydrogen) atoms. The molecule has 1 atom stereocenters. The van der Waals surface area contributed by atoms with Crippen molar-refractivity contribution in [2.45, 2.75) is 12.3 Å². The molecule has 0 heterocycles. The predicted molar refractivity (Wildman–Crippen MR) is 90.6 cm³/mol. The molecule has 0 amide bonds. The number of carboxylic acid groups (broad SMARTS) is 1. The lowest BCUT2D eigenvalue weighted by atomic mass is 9.86. The van der Waals surface area contributed by atoms with Gasteiger partial charge in [-0.3, -0.25) is 4.79 Å². The van der Waals surface area contributed by atoms with E-state index in [9.17, 15) is 9.90 Å². The molecule has 2 nitrogen and oxygen atoms in total. The van der Waals surface area contributed by atoms with Gasteiger partial charge in [0.1, 0.15) is 5.92 Å². The van der Waals surface area contributed by atoms with Crippen molar-refractivity contribution in [1.29, 1.82) is 0 Å². The normalized spacial score (nSPS) is 13.2. The van der Waals surface area contributed by atoms with Crippen molar-refractivity contribution >= 4 is 5.97 Å². The Balaban J connectivity index is 1.89. The van der Waals surface area contributed by atoms with Crippen LogP contribution in [0.3, 0.4) is 0 Å². The fourth-order valence-electron chi connectivity index (χ4n) is 3.55. The standard InChI is InChI=1S/C21H16O2/c22-21(23)20(14-7-2-1-3-8-14)18-12-6-11-17-16-10-5-4-9-15(16)13-19(17)18/h1-12,20H,13H2,(H,22,23). The Morgan fingerprint density at radius 3 is 2.30 bits per heavy atom. The Labute approximate surface area is 135 Å². The lowest BCUT2D eigenvalue weighted by Crippen LogP contribution is -2.15. The van der Waals surface area contributed by atoms with Gasteiger partial charge in [0.2, 0.25) is 0 Å². The van der Waals surface area contributed by atoms with Crippen LogP contribution in [-0.2, 0) is 11.2 Å². The Bertz CT molecular complexity index is 881. The van der Waals surface area contributed by atoms with E-state index in [2.05, 4.69) is 18.2 Å². The van der Waals surface area contributed by atoms with Gasteiger partial charge in [-0.15, -0.1) is 0 Å². The predicted octanol–water partition coefficient (Wildman–Crippen LogP) is 4.47. The summed E-state index contributed by atoms with van der Waals surface area (Å²) in [5.41, 5.74) is 6.53. The number of rotatable bonds is 3. The van der Waals surface area contributed by atoms with Gasteiger partial charge < -0.3 is 5.11 Å². The molecule has 0 bridgehead atoms. The quantitative estimate of drug-likeness (QED) is 0.606. The van der Waals surface area contributed by atoms with Gasteiger partial charge in [0, 0.05) is 0 Å². The van der Waals surface area contributed by atoms with E-state index in [0.29, 0.717) is 0 Å². The molecule has 1 unspecified atom stereocenters. The molecular weight excluding hydrogens is 284 g/mol. The molecule has 3 aromatic carbocycles. The minimum Gasteiger partial charge on any atom is -0.481 e. The molecule has 4 rings (SSSR count). The molecule has 3 aromatic rings. The number of carbonyl (C=O) groups is 1. The molecule has 0 aromatic heterocycles. The monoisotopic (exact) mass is 300 g/mol. The first-order valence-corrected chi connectivity index (χ1v) is 7.73. The van der Waals surface area contributed by atoms with E-state index in [1.807, 2.05) is 54.6 Å². The fraction of sp³-hybridized carbons (Fsp3) is 0.0952. The summed E-state index contributed by atoms with van der Waals surface area (Å²) in [5.74, 6) is -1.43. The maximum Gasteiger partial charge on any atom is 0.315 e. The van der Waals surface area contributed by atoms with E-state index in [1.165, 1.54) is 16.7 Å². The largest absolute Gasteiger partial charge is 0.481 e. The van der Waals surface area contributed by atoms with Crippen LogP contribution >= 0.6 is 0 Å². The highest BCUT2D eigenvalue weighted by Gasteiger charge is 2.28. The molecular formula is C21H16O2. The molecule has 1 aliphatic rings. The van der Waals surface area contributed by atoms with E-state index in [1.54, 1.807) is 0 Å². The topological polar surface area (TPSA) is 37.3 Å². The number of aliphatic carboxylic acids is 1. The molecule has 112 valence electrons. The molecule has 1 aliphatic carbocycles. The van der Waals surface area contributed by atoms with Gasteiger partial charge in [-0.2, -0.15) is 0 Å². The molecule has 0 saturated heterocycles. The Morgan fingerprint density at radius 1 is 0.826 bits per heavy atom. The average molecular weight is 300 g/mol. The third-order valence-corrected chi connectivity index (χ3v) is 4.58. The first kappa shape index (κ1) is 13.8. The van der Waals surface area contributed by atoms with Crippen LogP contribution in [0.2, 0.25) is 0 Å². The van der Waals surface area contributed by atoms with Gasteiger partial charge in [0.15, 0.2) is 0 Å². The van der Waals surface area contributed by atoms with Gasteiger partial charge in [0.25, 0.3) is 0 Å². The van der Waals surface area contributed by atoms with Crippen LogP contribution in [0.5, 0.6) is 0 Å². The minimum absolute atomic E-state index is 0.625. The van der Waals surface area contributed by atoms with Crippen molar-refractivity contribution in [1.82, 2.24) is 0 Å². The number of carboxylic acids is 1. The van der Waals surface area contributed by atoms with Crippen LogP contribution in [0, 0.1) is 0 Å². The second kappa shape index (κ2) is 5.40. The fourth-order valence-corrected chi connectivity index (χ4v) is 3.55. The van der Waals surface area contributed by atoms with Crippen molar-refractivity contribution < 1.29 is 9.90 Å². The van der Waals surface area contributed by atoms with E-state index in [-0.39, 0.29) is 0 Å². The maximum absolute atomic E-state index is 12.0. The summed E-state index contributed by atoms with van der Waals surface area (Å²) in [4.78, 5) is 12.0. The van der Waals surface area contributed by atoms with Crippen LogP contribution in [0.4, 0.5) is 0 Å². The maximum atomic E-state index is 12.0. The lowest BCUT2D eigenvalue weighted by Gasteiger charge is -2.17. The molecule has 0 spiro atoms. The molecule has 0 fully saturated rings. The van der Waals surface area contributed by atoms with Crippen molar-refractivity contribution in [3.63, 3.8) is 0 Å². The van der Waals surface area contributed by atoms with Gasteiger partial charge in [0.05, 0.1) is 0 Å². The minimum atomic E-state index is -0.805. The van der Waals surface area contributed by atoms with Crippen LogP contribution in [-0.4, -0.2) is 11.1 Å². The molecule has 2 heteroatoms. The van der Waals surface area contributed by atoms with Crippen LogP contribution < -0.4 is 0 Å². The molecule has 0 radical (unpaired) electrons. The Kier molecular flexibility index (Phi) is 3.23. The zero-order chi connectivity index (χ0) is 15.8. The highest BCUT2D eigenvalue weighted by atomic mass is 16.4. The third kappa shape index (κ3) is 2.23. The molecule has 1 N–H and O–H groups in total. The summed E-state index contributed by atoms with van der Waals surface area (Å²) in [5, 5.41) is 9.83. The SMILES string of the molecule is O=C(O)C(c1ccccc1)c1cccc2c1Cc1ccccc1-2. The van der Waals surface area contributed by atoms with E-state index in [0.717, 1.165) is 23.1 Å². The molecule has 0 aliphatic heterocycles. The van der Waals surface area contributed by atoms with Gasteiger partial charge >= 0.3 is 5.97 Å². The first-order chi connectivity index (χ1) is 11.3. The van der Waals surface area contributed by atoms with Crippen LogP contribution in [0.1, 0.15) is 28.2 Å². The number of fused-ring (bicyclic) bond motifs is 3. The average Bonchev–Trinajstić information content (AvgIpc) is 2.95. The van der Waals surface area contributed by atoms with Crippen molar-refractivity contribution in [2.75, 3.05) is 0 Å². The summed E-state index contributed by atoms with van der Waals surface area (Å²) in [6, 6.07) is 23.8. The summed E-state index contributed by atoms with van der Waals surface area (Å²) >= 11 is 0. The zero-order valence-corrected chi connectivity index (χ0v) is 12.6. The Hall–Kier alpha value is -2.87. The zero-order valence-electron chi connectivity index (χ0n) is 12.6. The first-order valence-electron chi connectivity index (χ1n) is 7.73. The second-order valence-electron chi connectivity index (χ2n) is 5.89. The molecule has 0 saturated carbocycles. The summed E-state index contributed by atoms with van der Waals surface area (Å²) in [6.07, 6.45) is 0.804. The second-order valence-corrected chi connectivity index (χ2v) is 5.89. The number of hydrogen-bond acceptors (Lipinski definition) is 1. The van der Waals surface area contributed by atoms with Crippen molar-refractivity contribution in [3.05, 3.63) is 95.1 Å². The smallest absolute Gasteiger partial charge is 0.315 e. The van der Waals surface area contributed by atoms with Gasteiger partial charge in [-0.05, 0) is 39.8 Å². The van der Waals surface area contributed by atoms with Gasteiger partial charge in [-0.1, -0.05) is 72.8 Å². The van der Waals surface area contributed by atoms with Gasteiger partial charge in [-0.25, -0.2) is 0 Å². The number of hydrogen-bond donors (Lipinski definition) is 1. The highest BCUT2D eigenvalue weighted by Crippen LogP contribution is 2.41. The summed E-state index contributed by atoms with van der Waals surface area (Å²) in [7, 11) is 0. The highest BCUT2D eigenvalue weighted by molar-refractivity contribution is 5.85. The lowest BCUT2D eigenvalue weighted by molar-refractivity contribution is -0.137. The van der Waals surface area contributed by atoms with Crippen molar-refractivity contribution in [3.8, 4) is 11.1 Å². The van der Waals surface area contributed by atoms with E-state index < -0.39 is 11.9 Å². The third-order valence-electron chi connectivity index (χ3n) is 4.58. The summed E-state index contributed by atoms with van der Waals surface area (Å²) in [6.45, 7) is 0. The Morgan fingerprint density at radius 2 is 1.52 bits per heavy atom. The van der Waals surface area contributed by atoms with E-state index >= 15 is 0 Å². The number of benzene rings is 3. The summed E-state index contributed by atoms with van der Waals surface area (Å²) < 4.78 is 0. The van der Waals surface area contributed by atoms with Crippen molar-refractivity contribution in [2.24, 2.45) is 0 Å². The van der Waals surface area contributed by atoms with Crippen LogP contribution in [0.25, 0.3) is 11.1 Å².